The number of nitrogens with two attached hydrogens (primary N) is 1. The molecule has 2 N–H and O–H groups in total. The van der Waals surface area contributed by atoms with Gasteiger partial charge in [0.15, 0.2) is 0 Å². The van der Waals surface area contributed by atoms with E-state index in [1.807, 2.05) is 30.0 Å². The molecule has 1 aromatic rings. The van der Waals surface area contributed by atoms with Crippen LogP contribution in [-0.4, -0.2) is 37.0 Å². The molecular weight excluding hydrogens is 252 g/mol. The number of likely N-dealkylation sites (tertiary alicyclic amines) is 1. The predicted octanol–water partition coefficient (Wildman–Crippen LogP) is 2.06. The number of benzene rings is 1. The van der Waals surface area contributed by atoms with Crippen molar-refractivity contribution in [2.75, 3.05) is 20.2 Å². The van der Waals surface area contributed by atoms with Crippen molar-refractivity contribution in [1.29, 1.82) is 0 Å². The number of aryl methyl sites for hydroxylation is 1. The third-order valence-corrected chi connectivity index (χ3v) is 4.21. The van der Waals surface area contributed by atoms with E-state index in [-0.39, 0.29) is 11.9 Å². The van der Waals surface area contributed by atoms with Crippen LogP contribution in [0.4, 0.5) is 0 Å². The van der Waals surface area contributed by atoms with Crippen molar-refractivity contribution in [2.45, 2.75) is 26.8 Å². The Morgan fingerprint density at radius 3 is 2.65 bits per heavy atom. The molecule has 2 rings (SSSR count). The Bertz CT molecular complexity index is 499. The number of amides is 1. The van der Waals surface area contributed by atoms with Crippen molar-refractivity contribution in [3.05, 3.63) is 29.3 Å². The summed E-state index contributed by atoms with van der Waals surface area (Å²) in [4.78, 5) is 14.4. The molecule has 0 spiro atoms. The summed E-state index contributed by atoms with van der Waals surface area (Å²) in [5.74, 6) is 1.67. The SMILES string of the molecule is COc1cc(C(=O)N2C[C@H](C(C)C)[C@@H](N)C2)ccc1C. The molecular formula is C16H24N2O2. The zero-order chi connectivity index (χ0) is 14.9. The van der Waals surface area contributed by atoms with E-state index >= 15 is 0 Å². The van der Waals surface area contributed by atoms with Gasteiger partial charge in [-0.15, -0.1) is 0 Å². The van der Waals surface area contributed by atoms with E-state index in [2.05, 4.69) is 13.8 Å². The Labute approximate surface area is 120 Å². The fourth-order valence-corrected chi connectivity index (χ4v) is 2.86. The van der Waals surface area contributed by atoms with Crippen LogP contribution >= 0.6 is 0 Å². The minimum Gasteiger partial charge on any atom is -0.496 e. The Kier molecular flexibility index (Phi) is 4.33. The van der Waals surface area contributed by atoms with Crippen LogP contribution < -0.4 is 10.5 Å². The summed E-state index contributed by atoms with van der Waals surface area (Å²) < 4.78 is 5.28. The van der Waals surface area contributed by atoms with Crippen molar-refractivity contribution in [1.82, 2.24) is 4.90 Å². The van der Waals surface area contributed by atoms with Gasteiger partial charge in [-0.2, -0.15) is 0 Å². The van der Waals surface area contributed by atoms with Crippen LogP contribution in [0, 0.1) is 18.8 Å². The number of carbonyl (C=O) groups excluding carboxylic acids is 1. The fourth-order valence-electron chi connectivity index (χ4n) is 2.86. The van der Waals surface area contributed by atoms with E-state index in [1.165, 1.54) is 0 Å². The van der Waals surface area contributed by atoms with E-state index in [4.69, 9.17) is 10.5 Å². The van der Waals surface area contributed by atoms with Crippen LogP contribution in [0.2, 0.25) is 0 Å². The summed E-state index contributed by atoms with van der Waals surface area (Å²) >= 11 is 0. The van der Waals surface area contributed by atoms with Gasteiger partial charge in [0.1, 0.15) is 5.75 Å². The lowest BCUT2D eigenvalue weighted by Crippen LogP contribution is -2.33. The second kappa shape index (κ2) is 5.83. The van der Waals surface area contributed by atoms with E-state index in [1.54, 1.807) is 7.11 Å². The van der Waals surface area contributed by atoms with Crippen LogP contribution in [0.25, 0.3) is 0 Å². The van der Waals surface area contributed by atoms with Gasteiger partial charge in [-0.25, -0.2) is 0 Å². The quantitative estimate of drug-likeness (QED) is 0.919. The lowest BCUT2D eigenvalue weighted by Gasteiger charge is -2.19. The van der Waals surface area contributed by atoms with Gasteiger partial charge in [0.25, 0.3) is 5.91 Å². The molecule has 2 atom stereocenters. The molecule has 20 heavy (non-hydrogen) atoms. The van der Waals surface area contributed by atoms with Crippen molar-refractivity contribution in [2.24, 2.45) is 17.6 Å². The first kappa shape index (κ1) is 14.9. The molecule has 0 aliphatic carbocycles. The van der Waals surface area contributed by atoms with Gasteiger partial charge in [0.2, 0.25) is 0 Å². The van der Waals surface area contributed by atoms with E-state index in [0.29, 0.717) is 23.9 Å². The summed E-state index contributed by atoms with van der Waals surface area (Å²) in [5, 5.41) is 0. The summed E-state index contributed by atoms with van der Waals surface area (Å²) in [7, 11) is 1.62. The van der Waals surface area contributed by atoms with Gasteiger partial charge < -0.3 is 15.4 Å². The van der Waals surface area contributed by atoms with Gasteiger partial charge in [-0.05, 0) is 36.5 Å². The smallest absolute Gasteiger partial charge is 0.254 e. The minimum atomic E-state index is 0.0434. The number of methoxy groups -OCH3 is 1. The average molecular weight is 276 g/mol. The number of nitrogens with zero attached hydrogens (tertiary/aromatic N) is 1. The monoisotopic (exact) mass is 276 g/mol. The normalized spacial score (nSPS) is 22.4. The molecule has 1 aromatic carbocycles. The maximum atomic E-state index is 12.6. The molecule has 0 bridgehead atoms. The molecule has 1 aliphatic heterocycles. The van der Waals surface area contributed by atoms with Crippen LogP contribution in [0.15, 0.2) is 18.2 Å². The first-order chi connectivity index (χ1) is 9.43. The summed E-state index contributed by atoms with van der Waals surface area (Å²) in [6.07, 6.45) is 0. The van der Waals surface area contributed by atoms with E-state index in [9.17, 15) is 4.79 Å². The standard InChI is InChI=1S/C16H24N2O2/c1-10(2)13-8-18(9-14(13)17)16(19)12-6-5-11(3)15(7-12)20-4/h5-7,10,13-14H,8-9,17H2,1-4H3/t13-,14+/m1/s1. The molecule has 110 valence electrons. The fraction of sp³-hybridized carbons (Fsp3) is 0.562. The highest BCUT2D eigenvalue weighted by molar-refractivity contribution is 5.95. The molecule has 0 radical (unpaired) electrons. The summed E-state index contributed by atoms with van der Waals surface area (Å²) in [6, 6.07) is 5.66. The molecule has 4 nitrogen and oxygen atoms in total. The Morgan fingerprint density at radius 1 is 1.40 bits per heavy atom. The van der Waals surface area contributed by atoms with Gasteiger partial charge in [0.05, 0.1) is 7.11 Å². The lowest BCUT2D eigenvalue weighted by atomic mass is 9.92. The van der Waals surface area contributed by atoms with Gasteiger partial charge in [-0.1, -0.05) is 19.9 Å². The lowest BCUT2D eigenvalue weighted by molar-refractivity contribution is 0.0783. The number of hydrogen-bond acceptors (Lipinski definition) is 3. The third-order valence-electron chi connectivity index (χ3n) is 4.21. The second-order valence-electron chi connectivity index (χ2n) is 5.97. The molecule has 1 fully saturated rings. The molecule has 0 saturated carbocycles. The predicted molar refractivity (Wildman–Crippen MR) is 79.9 cm³/mol. The van der Waals surface area contributed by atoms with Crippen molar-refractivity contribution in [3.63, 3.8) is 0 Å². The van der Waals surface area contributed by atoms with Crippen molar-refractivity contribution >= 4 is 5.91 Å². The van der Waals surface area contributed by atoms with Gasteiger partial charge >= 0.3 is 0 Å². The van der Waals surface area contributed by atoms with Crippen molar-refractivity contribution in [3.8, 4) is 5.75 Å². The summed E-state index contributed by atoms with van der Waals surface area (Å²) in [5.41, 5.74) is 7.85. The zero-order valence-electron chi connectivity index (χ0n) is 12.7. The maximum Gasteiger partial charge on any atom is 0.254 e. The highest BCUT2D eigenvalue weighted by Crippen LogP contribution is 2.26. The summed E-state index contributed by atoms with van der Waals surface area (Å²) in [6.45, 7) is 7.67. The molecule has 0 aromatic heterocycles. The molecule has 1 heterocycles. The van der Waals surface area contributed by atoms with Crippen molar-refractivity contribution < 1.29 is 9.53 Å². The molecule has 1 amide bonds. The van der Waals surface area contributed by atoms with Crippen LogP contribution in [0.1, 0.15) is 29.8 Å². The van der Waals surface area contributed by atoms with Gasteiger partial charge in [-0.3, -0.25) is 4.79 Å². The van der Waals surface area contributed by atoms with Gasteiger partial charge in [0, 0.05) is 24.7 Å². The number of carbonyl (C=O) groups is 1. The van der Waals surface area contributed by atoms with Crippen LogP contribution in [-0.2, 0) is 0 Å². The van der Waals surface area contributed by atoms with Crippen LogP contribution in [0.5, 0.6) is 5.75 Å². The van der Waals surface area contributed by atoms with Crippen LogP contribution in [0.3, 0.4) is 0 Å². The first-order valence-electron chi connectivity index (χ1n) is 7.13. The highest BCUT2D eigenvalue weighted by atomic mass is 16.5. The second-order valence-corrected chi connectivity index (χ2v) is 5.97. The minimum absolute atomic E-state index is 0.0434. The molecule has 4 heteroatoms. The first-order valence-corrected chi connectivity index (χ1v) is 7.13. The Morgan fingerprint density at radius 2 is 2.10 bits per heavy atom. The number of rotatable bonds is 3. The molecule has 1 saturated heterocycles. The molecule has 1 aliphatic rings. The highest BCUT2D eigenvalue weighted by Gasteiger charge is 2.34. The largest absolute Gasteiger partial charge is 0.496 e. The van der Waals surface area contributed by atoms with E-state index < -0.39 is 0 Å². The third kappa shape index (κ3) is 2.80. The molecule has 0 unspecified atom stereocenters. The maximum absolute atomic E-state index is 12.6. The Hall–Kier alpha value is -1.55. The average Bonchev–Trinajstić information content (AvgIpc) is 2.80. The van der Waals surface area contributed by atoms with E-state index in [0.717, 1.165) is 17.9 Å². The topological polar surface area (TPSA) is 55.6 Å². The Balaban J connectivity index is 2.16. The number of hydrogen-bond donors (Lipinski definition) is 1. The number of ether oxygens (including phenoxy) is 1. The zero-order valence-corrected chi connectivity index (χ0v) is 12.7.